The fraction of sp³-hybridized carbons (Fsp3) is 0.231. The van der Waals surface area contributed by atoms with E-state index >= 15 is 0 Å². The quantitative estimate of drug-likeness (QED) is 0.746. The molecule has 1 aromatic rings. The number of carboxylic acid groups (broad SMARTS) is 1. The molecule has 1 atom stereocenters. The van der Waals surface area contributed by atoms with Gasteiger partial charge in [-0.15, -0.1) is 0 Å². The van der Waals surface area contributed by atoms with Gasteiger partial charge in [0.1, 0.15) is 5.75 Å². The summed E-state index contributed by atoms with van der Waals surface area (Å²) in [4.78, 5) is 24.2. The molecule has 1 aromatic carbocycles. The summed E-state index contributed by atoms with van der Waals surface area (Å²) in [5.74, 6) is 3.76. The molecule has 0 bridgehead atoms. The Morgan fingerprint density at radius 3 is 2.83 bits per heavy atom. The number of carboxylic acids is 1. The third kappa shape index (κ3) is 2.13. The second kappa shape index (κ2) is 4.80. The molecule has 1 aliphatic rings. The number of hydrogen-bond donors (Lipinski definition) is 1. The van der Waals surface area contributed by atoms with Gasteiger partial charge in [0.05, 0.1) is 12.2 Å². The Balaban J connectivity index is 2.41. The number of aliphatic carboxylic acids is 1. The van der Waals surface area contributed by atoms with Gasteiger partial charge in [0, 0.05) is 0 Å². The van der Waals surface area contributed by atoms with E-state index in [1.165, 1.54) is 4.90 Å². The molecule has 92 valence electrons. The van der Waals surface area contributed by atoms with E-state index in [1.54, 1.807) is 31.2 Å². The molecule has 18 heavy (non-hydrogen) atoms. The van der Waals surface area contributed by atoms with E-state index in [1.807, 2.05) is 0 Å². The van der Waals surface area contributed by atoms with Crippen LogP contribution in [0.4, 0.5) is 5.69 Å². The fourth-order valence-corrected chi connectivity index (χ4v) is 1.73. The van der Waals surface area contributed by atoms with Gasteiger partial charge in [0.25, 0.3) is 0 Å². The number of anilines is 1. The van der Waals surface area contributed by atoms with Crippen molar-refractivity contribution >= 4 is 17.6 Å². The van der Waals surface area contributed by atoms with Gasteiger partial charge in [0.15, 0.2) is 0 Å². The maximum absolute atomic E-state index is 11.8. The number of nitrogens with zero attached hydrogens (tertiary/aromatic N) is 1. The summed E-state index contributed by atoms with van der Waals surface area (Å²) in [5, 5.41) is 8.99. The van der Waals surface area contributed by atoms with Gasteiger partial charge in [-0.2, -0.15) is 0 Å². The normalized spacial score (nSPS) is 16.9. The Morgan fingerprint density at radius 2 is 2.17 bits per heavy atom. The molecule has 0 spiro atoms. The number of fused-ring (bicyclic) bond motifs is 1. The lowest BCUT2D eigenvalue weighted by atomic mass is 10.2. The van der Waals surface area contributed by atoms with E-state index in [-0.39, 0.29) is 6.54 Å². The fourth-order valence-electron chi connectivity index (χ4n) is 1.73. The van der Waals surface area contributed by atoms with Crippen LogP contribution in [0.5, 0.6) is 5.75 Å². The van der Waals surface area contributed by atoms with Crippen LogP contribution in [-0.4, -0.2) is 29.6 Å². The van der Waals surface area contributed by atoms with Crippen LogP contribution in [0.2, 0.25) is 0 Å². The van der Waals surface area contributed by atoms with Gasteiger partial charge in [-0.3, -0.25) is 9.69 Å². The first-order chi connectivity index (χ1) is 8.63. The molecule has 5 heteroatoms. The number of para-hydroxylation sites is 2. The van der Waals surface area contributed by atoms with Crippen molar-refractivity contribution in [3.05, 3.63) is 24.3 Å². The van der Waals surface area contributed by atoms with Crippen molar-refractivity contribution in [1.29, 1.82) is 0 Å². The number of carbonyl (C=O) groups is 2. The maximum atomic E-state index is 11.8. The third-order valence-electron chi connectivity index (χ3n) is 2.53. The van der Waals surface area contributed by atoms with Crippen LogP contribution in [0.25, 0.3) is 0 Å². The topological polar surface area (TPSA) is 66.8 Å². The molecular weight excluding hydrogens is 234 g/mol. The van der Waals surface area contributed by atoms with Crippen molar-refractivity contribution in [2.75, 3.05) is 11.4 Å². The number of carbonyl (C=O) groups excluding carboxylic acids is 1. The smallest absolute Gasteiger partial charge is 0.346 e. The Morgan fingerprint density at radius 1 is 1.44 bits per heavy atom. The number of rotatable bonds is 1. The second-order valence-electron chi connectivity index (χ2n) is 3.70. The SMILES string of the molecule is CC#CC(=O)N1CC(C(=O)O)Oc2ccccc21. The zero-order valence-electron chi connectivity index (χ0n) is 9.71. The van der Waals surface area contributed by atoms with Crippen LogP contribution < -0.4 is 9.64 Å². The zero-order chi connectivity index (χ0) is 13.1. The van der Waals surface area contributed by atoms with Gasteiger partial charge in [0.2, 0.25) is 6.10 Å². The molecule has 1 amide bonds. The molecular formula is C13H11NO4. The number of ether oxygens (including phenoxy) is 1. The highest BCUT2D eigenvalue weighted by atomic mass is 16.5. The standard InChI is InChI=1S/C13H11NO4/c1-2-5-12(15)14-8-11(13(16)17)18-10-7-4-3-6-9(10)14/h3-4,6-7,11H,8H2,1H3,(H,16,17). The molecule has 0 radical (unpaired) electrons. The van der Waals surface area contributed by atoms with Crippen molar-refractivity contribution in [2.45, 2.75) is 13.0 Å². The molecule has 1 aliphatic heterocycles. The molecule has 0 saturated carbocycles. The summed E-state index contributed by atoms with van der Waals surface area (Å²) in [7, 11) is 0. The summed E-state index contributed by atoms with van der Waals surface area (Å²) in [5.41, 5.74) is 0.544. The molecule has 0 aromatic heterocycles. The molecule has 1 N–H and O–H groups in total. The number of hydrogen-bond acceptors (Lipinski definition) is 3. The third-order valence-corrected chi connectivity index (χ3v) is 2.53. The summed E-state index contributed by atoms with van der Waals surface area (Å²) < 4.78 is 5.31. The van der Waals surface area contributed by atoms with Crippen LogP contribution in [0.3, 0.4) is 0 Å². The second-order valence-corrected chi connectivity index (χ2v) is 3.70. The van der Waals surface area contributed by atoms with Crippen LogP contribution in [0.1, 0.15) is 6.92 Å². The summed E-state index contributed by atoms with van der Waals surface area (Å²) >= 11 is 0. The van der Waals surface area contributed by atoms with Crippen molar-refractivity contribution in [3.8, 4) is 17.6 Å². The van der Waals surface area contributed by atoms with Gasteiger partial charge >= 0.3 is 11.9 Å². The van der Waals surface area contributed by atoms with E-state index < -0.39 is 18.0 Å². The lowest BCUT2D eigenvalue weighted by Crippen LogP contribution is -2.46. The molecule has 5 nitrogen and oxygen atoms in total. The van der Waals surface area contributed by atoms with Crippen LogP contribution in [0, 0.1) is 11.8 Å². The van der Waals surface area contributed by atoms with E-state index in [0.29, 0.717) is 11.4 Å². The highest BCUT2D eigenvalue weighted by Gasteiger charge is 2.32. The predicted octanol–water partition coefficient (Wildman–Crippen LogP) is 0.888. The van der Waals surface area contributed by atoms with Crippen molar-refractivity contribution in [3.63, 3.8) is 0 Å². The van der Waals surface area contributed by atoms with Gasteiger partial charge in [-0.05, 0) is 25.0 Å². The van der Waals surface area contributed by atoms with Crippen LogP contribution in [-0.2, 0) is 9.59 Å². The van der Waals surface area contributed by atoms with E-state index in [0.717, 1.165) is 0 Å². The minimum Gasteiger partial charge on any atom is -0.478 e. The number of amides is 1. The Labute approximate surface area is 104 Å². The average Bonchev–Trinajstić information content (AvgIpc) is 2.37. The molecule has 0 fully saturated rings. The minimum atomic E-state index is -1.10. The minimum absolute atomic E-state index is 0.0418. The first-order valence-electron chi connectivity index (χ1n) is 5.36. The van der Waals surface area contributed by atoms with Crippen molar-refractivity contribution in [2.24, 2.45) is 0 Å². The maximum Gasteiger partial charge on any atom is 0.346 e. The van der Waals surface area contributed by atoms with Crippen molar-refractivity contribution in [1.82, 2.24) is 0 Å². The van der Waals surface area contributed by atoms with Gasteiger partial charge < -0.3 is 9.84 Å². The Kier molecular flexibility index (Phi) is 3.20. The van der Waals surface area contributed by atoms with Crippen LogP contribution >= 0.6 is 0 Å². The number of benzene rings is 1. The van der Waals surface area contributed by atoms with E-state index in [2.05, 4.69) is 11.8 Å². The lowest BCUT2D eigenvalue weighted by molar-refractivity contribution is -0.144. The Bertz CT molecular complexity index is 556. The summed E-state index contributed by atoms with van der Waals surface area (Å²) in [6.45, 7) is 1.51. The first-order valence-corrected chi connectivity index (χ1v) is 5.36. The van der Waals surface area contributed by atoms with Gasteiger partial charge in [-0.1, -0.05) is 18.1 Å². The van der Waals surface area contributed by atoms with E-state index in [4.69, 9.17) is 9.84 Å². The predicted molar refractivity (Wildman–Crippen MR) is 64.3 cm³/mol. The monoisotopic (exact) mass is 245 g/mol. The molecule has 1 heterocycles. The lowest BCUT2D eigenvalue weighted by Gasteiger charge is -2.31. The molecule has 0 aliphatic carbocycles. The van der Waals surface area contributed by atoms with Crippen molar-refractivity contribution < 1.29 is 19.4 Å². The summed E-state index contributed by atoms with van der Waals surface area (Å²) in [6, 6.07) is 6.80. The first kappa shape index (κ1) is 12.0. The zero-order valence-corrected chi connectivity index (χ0v) is 9.71. The molecule has 1 unspecified atom stereocenters. The Hall–Kier alpha value is -2.48. The summed E-state index contributed by atoms with van der Waals surface area (Å²) in [6.07, 6.45) is -1.07. The largest absolute Gasteiger partial charge is 0.478 e. The molecule has 0 saturated heterocycles. The van der Waals surface area contributed by atoms with Gasteiger partial charge in [-0.25, -0.2) is 4.79 Å². The average molecular weight is 245 g/mol. The van der Waals surface area contributed by atoms with Crippen LogP contribution in [0.15, 0.2) is 24.3 Å². The van der Waals surface area contributed by atoms with E-state index in [9.17, 15) is 9.59 Å². The highest BCUT2D eigenvalue weighted by Crippen LogP contribution is 2.33. The molecule has 2 rings (SSSR count). The highest BCUT2D eigenvalue weighted by molar-refractivity contribution is 6.07.